The fourth-order valence-electron chi connectivity index (χ4n) is 3.52. The third-order valence-corrected chi connectivity index (χ3v) is 5.30. The minimum absolute atomic E-state index is 0.265. The van der Waals surface area contributed by atoms with Gasteiger partial charge < -0.3 is 4.90 Å². The number of hydrogen-bond acceptors (Lipinski definition) is 5. The Morgan fingerprint density at radius 1 is 1.36 bits per heavy atom. The quantitative estimate of drug-likeness (QED) is 0.393. The molecule has 1 aliphatic rings. The fourth-order valence-corrected chi connectivity index (χ4v) is 3.69. The summed E-state index contributed by atoms with van der Waals surface area (Å²) in [4.78, 5) is 21.6. The lowest BCUT2D eigenvalue weighted by Crippen LogP contribution is -2.35. The number of fused-ring (bicyclic) bond motifs is 2. The van der Waals surface area contributed by atoms with E-state index >= 15 is 0 Å². The van der Waals surface area contributed by atoms with E-state index < -0.39 is 6.16 Å². The number of pyridine rings is 1. The van der Waals surface area contributed by atoms with Crippen molar-refractivity contribution in [3.8, 4) is 0 Å². The van der Waals surface area contributed by atoms with E-state index in [0.717, 1.165) is 16.9 Å². The van der Waals surface area contributed by atoms with E-state index in [9.17, 15) is 9.18 Å². The van der Waals surface area contributed by atoms with Crippen LogP contribution in [0, 0.1) is 0 Å². The van der Waals surface area contributed by atoms with Crippen LogP contribution >= 0.6 is 11.6 Å². The molecular weight excluding hydrogens is 383 g/mol. The molecule has 4 rings (SSSR count). The molecule has 2 aromatic heterocycles. The topological polar surface area (TPSA) is 75.1 Å². The van der Waals surface area contributed by atoms with Crippen molar-refractivity contribution in [2.45, 2.75) is 25.8 Å². The number of halogens is 2. The molecule has 0 unspecified atom stereocenters. The van der Waals surface area contributed by atoms with Crippen molar-refractivity contribution < 1.29 is 9.18 Å². The second kappa shape index (κ2) is 6.49. The number of anilines is 1. The average Bonchev–Trinajstić information content (AvgIpc) is 3.08. The number of nitrogens with one attached hydrogen (secondary N) is 2. The van der Waals surface area contributed by atoms with Gasteiger partial charge in [-0.25, -0.2) is 25.4 Å². The summed E-state index contributed by atoms with van der Waals surface area (Å²) < 4.78 is 14.3. The normalized spacial score (nSPS) is 15.0. The second-order valence-electron chi connectivity index (χ2n) is 7.06. The Hall–Kier alpha value is -3.13. The first-order valence-corrected chi connectivity index (χ1v) is 8.96. The molecule has 3 aromatic rings. The van der Waals surface area contributed by atoms with Gasteiger partial charge in [0.2, 0.25) is 0 Å². The van der Waals surface area contributed by atoms with Crippen LogP contribution in [0.3, 0.4) is 0 Å². The molecule has 0 saturated carbocycles. The van der Waals surface area contributed by atoms with Crippen LogP contribution in [-0.4, -0.2) is 20.8 Å². The number of carbonyl (C=O) groups excluding carboxylic acids is 1. The van der Waals surface area contributed by atoms with Crippen LogP contribution in [0.1, 0.15) is 25.2 Å². The summed E-state index contributed by atoms with van der Waals surface area (Å²) in [5.74, 6) is 0.541. The van der Waals surface area contributed by atoms with Crippen LogP contribution in [0.2, 0.25) is 5.02 Å². The van der Waals surface area contributed by atoms with Crippen LogP contribution in [0.5, 0.6) is 0 Å². The van der Waals surface area contributed by atoms with Crippen molar-refractivity contribution >= 4 is 34.5 Å². The van der Waals surface area contributed by atoms with Crippen molar-refractivity contribution in [3.05, 3.63) is 65.3 Å². The summed E-state index contributed by atoms with van der Waals surface area (Å²) in [5.41, 5.74) is 8.41. The van der Waals surface area contributed by atoms with Gasteiger partial charge in [0.25, 0.3) is 0 Å². The Morgan fingerprint density at radius 2 is 2.14 bits per heavy atom. The average molecular weight is 401 g/mol. The zero-order chi connectivity index (χ0) is 20.1. The zero-order valence-electron chi connectivity index (χ0n) is 15.3. The Labute approximate surface area is 165 Å². The van der Waals surface area contributed by atoms with Crippen LogP contribution in [-0.2, 0) is 12.0 Å². The number of nitrogens with zero attached hydrogens (tertiary/aromatic N) is 4. The monoisotopic (exact) mass is 400 g/mol. The Kier molecular flexibility index (Phi) is 4.23. The molecule has 3 heterocycles. The molecule has 1 amide bonds. The van der Waals surface area contributed by atoms with E-state index in [1.807, 2.05) is 16.4 Å². The number of hydrazine groups is 1. The molecule has 7 nitrogen and oxygen atoms in total. The number of benzene rings is 1. The Bertz CT molecular complexity index is 1110. The van der Waals surface area contributed by atoms with Crippen molar-refractivity contribution in [2.24, 2.45) is 0 Å². The summed E-state index contributed by atoms with van der Waals surface area (Å²) in [6.07, 6.45) is 1.83. The maximum Gasteiger partial charge on any atom is 0.417 e. The van der Waals surface area contributed by atoms with Crippen molar-refractivity contribution in [1.82, 2.24) is 20.1 Å². The van der Waals surface area contributed by atoms with Crippen molar-refractivity contribution in [3.63, 3.8) is 0 Å². The second-order valence-corrected chi connectivity index (χ2v) is 7.49. The third kappa shape index (κ3) is 2.86. The first kappa shape index (κ1) is 18.2. The maximum absolute atomic E-state index is 12.8. The maximum atomic E-state index is 12.8. The van der Waals surface area contributed by atoms with Gasteiger partial charge in [0.1, 0.15) is 5.82 Å². The number of amides is 1. The molecule has 1 aromatic carbocycles. The van der Waals surface area contributed by atoms with Crippen LogP contribution in [0.15, 0.2) is 48.9 Å². The summed E-state index contributed by atoms with van der Waals surface area (Å²) in [5, 5.41) is 0.495. The molecule has 1 aliphatic heterocycles. The van der Waals surface area contributed by atoms with Gasteiger partial charge in [-0.05, 0) is 29.8 Å². The van der Waals surface area contributed by atoms with Crippen molar-refractivity contribution in [1.29, 1.82) is 0 Å². The molecule has 0 fully saturated rings. The number of hydrogen-bond donors (Lipinski definition) is 2. The summed E-state index contributed by atoms with van der Waals surface area (Å²) in [7, 11) is 0. The standard InChI is InChI=1S/C19H18ClFN6O/c1-11-19(2,3)13-6-7-22-9-16(13)26(11)10-17-23-14-5-4-12(20)8-15(14)27(17)25-24-18(21)28/h4-9,25H,1,10H2,2-3H3,(H,24,28). The molecule has 2 N–H and O–H groups in total. The summed E-state index contributed by atoms with van der Waals surface area (Å²) in [6.45, 7) is 8.79. The number of rotatable bonds is 4. The van der Waals surface area contributed by atoms with E-state index in [1.165, 1.54) is 4.68 Å². The van der Waals surface area contributed by atoms with E-state index in [1.54, 1.807) is 30.6 Å². The molecule has 0 bridgehead atoms. The molecule has 0 atom stereocenters. The molecule has 144 valence electrons. The van der Waals surface area contributed by atoms with E-state index in [-0.39, 0.29) is 5.41 Å². The van der Waals surface area contributed by atoms with E-state index in [2.05, 4.69) is 35.9 Å². The summed E-state index contributed by atoms with van der Waals surface area (Å²) in [6, 6.07) is 7.14. The van der Waals surface area contributed by atoms with Crippen LogP contribution in [0.4, 0.5) is 14.9 Å². The van der Waals surface area contributed by atoms with E-state index in [4.69, 9.17) is 11.6 Å². The highest BCUT2D eigenvalue weighted by Crippen LogP contribution is 2.46. The molecule has 0 saturated heterocycles. The smallest absolute Gasteiger partial charge is 0.336 e. The highest BCUT2D eigenvalue weighted by atomic mass is 35.5. The van der Waals surface area contributed by atoms with Gasteiger partial charge in [-0.2, -0.15) is 0 Å². The SMILES string of the molecule is C=C1N(Cc2nc3ccc(Cl)cc3n2NNC(=O)F)c2cnccc2C1(C)C. The van der Waals surface area contributed by atoms with Gasteiger partial charge in [-0.1, -0.05) is 32.0 Å². The molecule has 0 aliphatic carbocycles. The molecule has 0 spiro atoms. The van der Waals surface area contributed by atoms with E-state index in [0.29, 0.717) is 28.4 Å². The first-order chi connectivity index (χ1) is 13.3. The summed E-state index contributed by atoms with van der Waals surface area (Å²) >= 11 is 6.10. The fraction of sp³-hybridized carbons (Fsp3) is 0.211. The Balaban J connectivity index is 1.79. The van der Waals surface area contributed by atoms with Gasteiger partial charge in [0, 0.05) is 22.3 Å². The number of imidazole rings is 1. The Morgan fingerprint density at radius 3 is 2.89 bits per heavy atom. The zero-order valence-corrected chi connectivity index (χ0v) is 16.1. The predicted octanol–water partition coefficient (Wildman–Crippen LogP) is 4.03. The van der Waals surface area contributed by atoms with Crippen LogP contribution in [0.25, 0.3) is 11.0 Å². The van der Waals surface area contributed by atoms with Gasteiger partial charge >= 0.3 is 6.16 Å². The predicted molar refractivity (Wildman–Crippen MR) is 106 cm³/mol. The van der Waals surface area contributed by atoms with Crippen molar-refractivity contribution in [2.75, 3.05) is 10.4 Å². The van der Waals surface area contributed by atoms with Gasteiger partial charge in [0.05, 0.1) is 29.5 Å². The molecule has 0 radical (unpaired) electrons. The third-order valence-electron chi connectivity index (χ3n) is 5.06. The number of aromatic nitrogens is 3. The molecular formula is C19H18ClFN6O. The van der Waals surface area contributed by atoms with Gasteiger partial charge in [0.15, 0.2) is 0 Å². The minimum Gasteiger partial charge on any atom is -0.336 e. The molecule has 9 heteroatoms. The lowest BCUT2D eigenvalue weighted by molar-refractivity contribution is 0.222. The van der Waals surface area contributed by atoms with Gasteiger partial charge in [-0.3, -0.25) is 4.98 Å². The lowest BCUT2D eigenvalue weighted by Gasteiger charge is -2.25. The first-order valence-electron chi connectivity index (χ1n) is 8.59. The number of carbonyl (C=O) groups is 1. The van der Waals surface area contributed by atoms with Gasteiger partial charge in [-0.15, -0.1) is 4.39 Å². The minimum atomic E-state index is -1.71. The largest absolute Gasteiger partial charge is 0.417 e. The molecule has 28 heavy (non-hydrogen) atoms. The highest BCUT2D eigenvalue weighted by molar-refractivity contribution is 6.31. The number of allylic oxidation sites excluding steroid dienone is 1. The highest BCUT2D eigenvalue weighted by Gasteiger charge is 2.39. The van der Waals surface area contributed by atoms with Crippen LogP contribution < -0.4 is 15.9 Å². The lowest BCUT2D eigenvalue weighted by atomic mass is 9.85.